The molecule has 10 heavy (non-hydrogen) atoms. The minimum absolute atomic E-state index is 0.359. The first-order valence-electron chi connectivity index (χ1n) is 3.09. The van der Waals surface area contributed by atoms with Crippen molar-refractivity contribution in [2.24, 2.45) is 0 Å². The van der Waals surface area contributed by atoms with Gasteiger partial charge in [-0.05, 0) is 13.8 Å². The zero-order valence-corrected chi connectivity index (χ0v) is 6.59. The molecule has 0 spiro atoms. The highest BCUT2D eigenvalue weighted by Gasteiger charge is 1.86. The first-order chi connectivity index (χ1) is 4.72. The fourth-order valence-electron chi connectivity index (χ4n) is 0.201. The second kappa shape index (κ2) is 10.8. The van der Waals surface area contributed by atoms with Crippen LogP contribution in [0.25, 0.3) is 0 Å². The van der Waals surface area contributed by atoms with Crippen molar-refractivity contribution < 1.29 is 9.53 Å². The first-order valence-corrected chi connectivity index (χ1v) is 3.09. The number of ether oxygens (including phenoxy) is 1. The number of carbonyl (C=O) groups is 1. The van der Waals surface area contributed by atoms with Crippen molar-refractivity contribution in [2.75, 3.05) is 6.61 Å². The van der Waals surface area contributed by atoms with Crippen LogP contribution >= 0.6 is 0 Å². The summed E-state index contributed by atoms with van der Waals surface area (Å²) in [4.78, 5) is 10.1. The summed E-state index contributed by atoms with van der Waals surface area (Å²) in [6.07, 6.45) is 2.89. The van der Waals surface area contributed by atoms with Crippen molar-refractivity contribution in [3.8, 4) is 0 Å². The fraction of sp³-hybridized carbons (Fsp3) is 0.375. The zero-order chi connectivity index (χ0) is 8.41. The van der Waals surface area contributed by atoms with Crippen LogP contribution in [0.1, 0.15) is 13.8 Å². The van der Waals surface area contributed by atoms with Crippen LogP contribution in [-0.4, -0.2) is 12.6 Å². The van der Waals surface area contributed by atoms with Gasteiger partial charge in [-0.3, -0.25) is 0 Å². The SMILES string of the molecule is C=CC.C=CC(=O)OCC. The lowest BCUT2D eigenvalue weighted by molar-refractivity contribution is -0.137. The van der Waals surface area contributed by atoms with Crippen molar-refractivity contribution in [1.29, 1.82) is 0 Å². The maximum atomic E-state index is 10.1. The second-order valence-electron chi connectivity index (χ2n) is 1.36. The Kier molecular flexibility index (Phi) is 12.7. The fourth-order valence-corrected chi connectivity index (χ4v) is 0.201. The molecule has 0 rings (SSSR count). The number of hydrogen-bond donors (Lipinski definition) is 0. The molecule has 0 unspecified atom stereocenters. The molecule has 0 saturated heterocycles. The maximum absolute atomic E-state index is 10.1. The van der Waals surface area contributed by atoms with E-state index in [1.165, 1.54) is 0 Å². The highest BCUT2D eigenvalue weighted by atomic mass is 16.5. The average Bonchev–Trinajstić information content (AvgIpc) is 1.90. The Morgan fingerprint density at radius 3 is 2.10 bits per heavy atom. The van der Waals surface area contributed by atoms with E-state index < -0.39 is 0 Å². The summed E-state index contributed by atoms with van der Waals surface area (Å²) in [5.41, 5.74) is 0. The van der Waals surface area contributed by atoms with Crippen molar-refractivity contribution >= 4 is 5.97 Å². The van der Waals surface area contributed by atoms with Gasteiger partial charge in [0.05, 0.1) is 6.61 Å². The molecule has 58 valence electrons. The Morgan fingerprint density at radius 2 is 2.00 bits per heavy atom. The van der Waals surface area contributed by atoms with E-state index in [1.807, 2.05) is 6.92 Å². The summed E-state index contributed by atoms with van der Waals surface area (Å²) >= 11 is 0. The van der Waals surface area contributed by atoms with Crippen molar-refractivity contribution in [2.45, 2.75) is 13.8 Å². The van der Waals surface area contributed by atoms with Crippen LogP contribution in [0.3, 0.4) is 0 Å². The maximum Gasteiger partial charge on any atom is 0.330 e. The molecule has 0 aliphatic rings. The molecule has 2 nitrogen and oxygen atoms in total. The second-order valence-corrected chi connectivity index (χ2v) is 1.36. The van der Waals surface area contributed by atoms with E-state index in [2.05, 4.69) is 17.9 Å². The standard InChI is InChI=1S/C5H8O2.C3H6/c1-3-5(6)7-4-2;1-3-2/h3H,1,4H2,2H3;3H,1H2,2H3. The normalized spacial score (nSPS) is 6.60. The smallest absolute Gasteiger partial charge is 0.330 e. The van der Waals surface area contributed by atoms with Gasteiger partial charge in [-0.2, -0.15) is 0 Å². The van der Waals surface area contributed by atoms with E-state index in [-0.39, 0.29) is 5.97 Å². The van der Waals surface area contributed by atoms with E-state index >= 15 is 0 Å². The van der Waals surface area contributed by atoms with Crippen LogP contribution in [0, 0.1) is 0 Å². The quantitative estimate of drug-likeness (QED) is 0.334. The Morgan fingerprint density at radius 1 is 1.60 bits per heavy atom. The van der Waals surface area contributed by atoms with Gasteiger partial charge in [0, 0.05) is 6.08 Å². The van der Waals surface area contributed by atoms with Gasteiger partial charge in [0.15, 0.2) is 0 Å². The third-order valence-electron chi connectivity index (χ3n) is 0.453. The molecular weight excluding hydrogens is 128 g/mol. The molecule has 0 aromatic rings. The molecule has 0 N–H and O–H groups in total. The molecule has 0 amide bonds. The highest BCUT2D eigenvalue weighted by Crippen LogP contribution is 1.74. The van der Waals surface area contributed by atoms with Gasteiger partial charge >= 0.3 is 5.97 Å². The van der Waals surface area contributed by atoms with Gasteiger partial charge < -0.3 is 4.74 Å². The lowest BCUT2D eigenvalue weighted by Gasteiger charge is -1.90. The Bertz CT molecular complexity index is 106. The molecule has 0 bridgehead atoms. The van der Waals surface area contributed by atoms with Gasteiger partial charge in [-0.1, -0.05) is 12.7 Å². The molecule has 0 fully saturated rings. The van der Waals surface area contributed by atoms with Crippen LogP contribution in [0.4, 0.5) is 0 Å². The van der Waals surface area contributed by atoms with Crippen LogP contribution in [-0.2, 0) is 9.53 Å². The Balaban J connectivity index is 0. The largest absolute Gasteiger partial charge is 0.463 e. The van der Waals surface area contributed by atoms with Crippen LogP contribution < -0.4 is 0 Å². The first kappa shape index (κ1) is 11.7. The molecule has 0 aromatic carbocycles. The molecule has 0 aliphatic heterocycles. The molecule has 0 atom stereocenters. The van der Waals surface area contributed by atoms with E-state index in [0.29, 0.717) is 6.61 Å². The summed E-state index contributed by atoms with van der Waals surface area (Å²) in [5.74, 6) is -0.359. The molecule has 0 aliphatic carbocycles. The summed E-state index contributed by atoms with van der Waals surface area (Å²) in [6, 6.07) is 0. The molecule has 0 aromatic heterocycles. The number of carbonyl (C=O) groups excluding carboxylic acids is 1. The monoisotopic (exact) mass is 142 g/mol. The molecule has 0 saturated carbocycles. The van der Waals surface area contributed by atoms with Gasteiger partial charge in [-0.25, -0.2) is 4.79 Å². The number of esters is 1. The average molecular weight is 142 g/mol. The lowest BCUT2D eigenvalue weighted by Crippen LogP contribution is -1.97. The third kappa shape index (κ3) is 15.8. The zero-order valence-electron chi connectivity index (χ0n) is 6.59. The van der Waals surface area contributed by atoms with E-state index in [1.54, 1.807) is 13.0 Å². The Labute approximate surface area is 62.2 Å². The predicted molar refractivity (Wildman–Crippen MR) is 42.7 cm³/mol. The summed E-state index contributed by atoms with van der Waals surface area (Å²) in [7, 11) is 0. The van der Waals surface area contributed by atoms with Crippen molar-refractivity contribution in [3.63, 3.8) is 0 Å². The molecule has 0 heterocycles. The molecule has 0 radical (unpaired) electrons. The minimum Gasteiger partial charge on any atom is -0.463 e. The van der Waals surface area contributed by atoms with Crippen molar-refractivity contribution in [3.05, 3.63) is 25.3 Å². The van der Waals surface area contributed by atoms with Gasteiger partial charge in [-0.15, -0.1) is 6.58 Å². The minimum atomic E-state index is -0.359. The number of allylic oxidation sites excluding steroid dienone is 1. The van der Waals surface area contributed by atoms with Crippen molar-refractivity contribution in [1.82, 2.24) is 0 Å². The molecular formula is C8H14O2. The van der Waals surface area contributed by atoms with Gasteiger partial charge in [0.25, 0.3) is 0 Å². The predicted octanol–water partition coefficient (Wildman–Crippen LogP) is 1.93. The lowest BCUT2D eigenvalue weighted by atomic mass is 10.6. The summed E-state index contributed by atoms with van der Waals surface area (Å²) in [6.45, 7) is 10.6. The van der Waals surface area contributed by atoms with E-state index in [0.717, 1.165) is 6.08 Å². The highest BCUT2D eigenvalue weighted by molar-refractivity contribution is 5.81. The molecule has 2 heteroatoms. The number of rotatable bonds is 2. The Hall–Kier alpha value is -1.05. The third-order valence-corrected chi connectivity index (χ3v) is 0.453. The van der Waals surface area contributed by atoms with E-state index in [4.69, 9.17) is 0 Å². The van der Waals surface area contributed by atoms with Gasteiger partial charge in [0.2, 0.25) is 0 Å². The van der Waals surface area contributed by atoms with Crippen LogP contribution in [0.5, 0.6) is 0 Å². The van der Waals surface area contributed by atoms with Crippen LogP contribution in [0.2, 0.25) is 0 Å². The van der Waals surface area contributed by atoms with Gasteiger partial charge in [0.1, 0.15) is 0 Å². The summed E-state index contributed by atoms with van der Waals surface area (Å²) < 4.78 is 4.43. The summed E-state index contributed by atoms with van der Waals surface area (Å²) in [5, 5.41) is 0. The number of hydrogen-bond acceptors (Lipinski definition) is 2. The topological polar surface area (TPSA) is 26.3 Å². The van der Waals surface area contributed by atoms with E-state index in [9.17, 15) is 4.79 Å². The van der Waals surface area contributed by atoms with Crippen LogP contribution in [0.15, 0.2) is 25.3 Å².